The number of carbonyl (C=O) groups is 5. The zero-order valence-electron chi connectivity index (χ0n) is 23.8. The lowest BCUT2D eigenvalue weighted by molar-refractivity contribution is -0.135. The number of hydrogen-bond acceptors (Lipinski definition) is 9. The molecule has 1 aromatic carbocycles. The molecule has 228 valence electrons. The Morgan fingerprint density at radius 2 is 1.70 bits per heavy atom. The SMILES string of the molecule is CC(C)[C@@H]1NC(=O)c2csc(n2)[C@H](Cc2ccccc2)NC(=O)CN(C(=O)CNC(N)=O)CCCNC(=O)c2csc1n2. The van der Waals surface area contributed by atoms with Crippen LogP contribution in [0, 0.1) is 5.92 Å². The quantitative estimate of drug-likeness (QED) is 0.285. The van der Waals surface area contributed by atoms with Crippen molar-refractivity contribution in [1.82, 2.24) is 36.1 Å². The molecule has 0 radical (unpaired) electrons. The molecule has 0 saturated carbocycles. The Morgan fingerprint density at radius 1 is 1.02 bits per heavy atom. The monoisotopic (exact) mass is 626 g/mol. The lowest BCUT2D eigenvalue weighted by Gasteiger charge is -2.24. The van der Waals surface area contributed by atoms with E-state index in [4.69, 9.17) is 5.73 Å². The molecule has 1 aliphatic rings. The van der Waals surface area contributed by atoms with Crippen LogP contribution < -0.4 is 27.0 Å². The Balaban J connectivity index is 1.65. The minimum absolute atomic E-state index is 0.0177. The van der Waals surface area contributed by atoms with Crippen LogP contribution >= 0.6 is 22.7 Å². The van der Waals surface area contributed by atoms with Gasteiger partial charge in [0.25, 0.3) is 11.8 Å². The first-order valence-corrected chi connectivity index (χ1v) is 15.5. The lowest BCUT2D eigenvalue weighted by atomic mass is 10.0. The fraction of sp³-hybridized carbons (Fsp3) is 0.393. The highest BCUT2D eigenvalue weighted by atomic mass is 32.1. The van der Waals surface area contributed by atoms with E-state index in [0.29, 0.717) is 22.9 Å². The van der Waals surface area contributed by atoms with Crippen molar-refractivity contribution in [2.75, 3.05) is 26.2 Å². The molecule has 13 nitrogen and oxygen atoms in total. The van der Waals surface area contributed by atoms with Gasteiger partial charge < -0.3 is 31.9 Å². The molecule has 0 aliphatic carbocycles. The summed E-state index contributed by atoms with van der Waals surface area (Å²) in [6, 6.07) is 7.64. The van der Waals surface area contributed by atoms with E-state index in [-0.39, 0.29) is 43.5 Å². The van der Waals surface area contributed by atoms with Crippen molar-refractivity contribution in [3.05, 3.63) is 68.1 Å². The second kappa shape index (κ2) is 14.7. The lowest BCUT2D eigenvalue weighted by Crippen LogP contribution is -2.47. The van der Waals surface area contributed by atoms with Crippen molar-refractivity contribution in [2.24, 2.45) is 11.7 Å². The van der Waals surface area contributed by atoms with Crippen LogP contribution in [-0.4, -0.2) is 70.7 Å². The largest absolute Gasteiger partial charge is 0.352 e. The van der Waals surface area contributed by atoms with Gasteiger partial charge in [0.15, 0.2) is 0 Å². The predicted molar refractivity (Wildman–Crippen MR) is 161 cm³/mol. The number of fused-ring (bicyclic) bond motifs is 4. The maximum Gasteiger partial charge on any atom is 0.312 e. The molecule has 2 atom stereocenters. The third-order valence-electron chi connectivity index (χ3n) is 6.64. The topological polar surface area (TPSA) is 189 Å². The van der Waals surface area contributed by atoms with Crippen molar-refractivity contribution in [2.45, 2.75) is 38.8 Å². The van der Waals surface area contributed by atoms with Gasteiger partial charge >= 0.3 is 6.03 Å². The molecule has 4 rings (SSSR count). The van der Waals surface area contributed by atoms with Gasteiger partial charge in [0.1, 0.15) is 21.4 Å². The second-order valence-corrected chi connectivity index (χ2v) is 12.1. The molecule has 0 unspecified atom stereocenters. The average molecular weight is 627 g/mol. The van der Waals surface area contributed by atoms with Crippen molar-refractivity contribution in [3.8, 4) is 0 Å². The Hall–Kier alpha value is -4.37. The number of hydrogen-bond donors (Lipinski definition) is 5. The van der Waals surface area contributed by atoms with E-state index in [1.54, 1.807) is 10.8 Å². The summed E-state index contributed by atoms with van der Waals surface area (Å²) in [6.45, 7) is 3.56. The summed E-state index contributed by atoms with van der Waals surface area (Å²) >= 11 is 2.53. The van der Waals surface area contributed by atoms with Crippen molar-refractivity contribution < 1.29 is 24.0 Å². The van der Waals surface area contributed by atoms with Gasteiger partial charge in [-0.25, -0.2) is 14.8 Å². The number of nitrogens with zero attached hydrogens (tertiary/aromatic N) is 3. The Kier molecular flexibility index (Phi) is 10.8. The number of amides is 6. The van der Waals surface area contributed by atoms with E-state index in [9.17, 15) is 24.0 Å². The Morgan fingerprint density at radius 3 is 2.40 bits per heavy atom. The molecular formula is C28H34N8O5S2. The van der Waals surface area contributed by atoms with E-state index in [0.717, 1.165) is 5.56 Å². The molecule has 3 heterocycles. The minimum Gasteiger partial charge on any atom is -0.352 e. The highest BCUT2D eigenvalue weighted by Gasteiger charge is 2.27. The van der Waals surface area contributed by atoms with E-state index >= 15 is 0 Å². The third-order valence-corrected chi connectivity index (χ3v) is 8.52. The van der Waals surface area contributed by atoms with Crippen molar-refractivity contribution in [3.63, 3.8) is 0 Å². The van der Waals surface area contributed by atoms with Crippen LogP contribution in [0.3, 0.4) is 0 Å². The summed E-state index contributed by atoms with van der Waals surface area (Å²) in [5.74, 6) is -1.78. The summed E-state index contributed by atoms with van der Waals surface area (Å²) in [7, 11) is 0. The van der Waals surface area contributed by atoms with Crippen molar-refractivity contribution >= 4 is 52.3 Å². The number of rotatable bonds is 5. The number of urea groups is 1. The average Bonchev–Trinajstić information content (AvgIpc) is 3.66. The number of nitrogens with one attached hydrogen (secondary N) is 4. The van der Waals surface area contributed by atoms with Crippen LogP contribution in [0.4, 0.5) is 4.79 Å². The maximum atomic E-state index is 13.3. The fourth-order valence-electron chi connectivity index (χ4n) is 4.41. The summed E-state index contributed by atoms with van der Waals surface area (Å²) < 4.78 is 0. The molecule has 0 saturated heterocycles. The van der Waals surface area contributed by atoms with Crippen LogP contribution in [0.15, 0.2) is 41.1 Å². The molecule has 0 fully saturated rings. The van der Waals surface area contributed by atoms with Gasteiger partial charge in [-0.05, 0) is 24.3 Å². The van der Waals surface area contributed by atoms with Gasteiger partial charge in [-0.15, -0.1) is 22.7 Å². The predicted octanol–water partition coefficient (Wildman–Crippen LogP) is 1.76. The smallest absolute Gasteiger partial charge is 0.312 e. The summed E-state index contributed by atoms with van der Waals surface area (Å²) in [5.41, 5.74) is 6.48. The van der Waals surface area contributed by atoms with Gasteiger partial charge in [0, 0.05) is 23.8 Å². The molecule has 15 heteroatoms. The first-order valence-electron chi connectivity index (χ1n) is 13.7. The Bertz CT molecular complexity index is 1460. The molecule has 1 aliphatic heterocycles. The summed E-state index contributed by atoms with van der Waals surface area (Å²) in [4.78, 5) is 73.8. The maximum absolute atomic E-state index is 13.3. The van der Waals surface area contributed by atoms with Crippen LogP contribution in [-0.2, 0) is 16.0 Å². The number of benzene rings is 1. The van der Waals surface area contributed by atoms with Gasteiger partial charge in [0.2, 0.25) is 11.8 Å². The van der Waals surface area contributed by atoms with Crippen LogP contribution in [0.25, 0.3) is 0 Å². The molecule has 2 aromatic heterocycles. The minimum atomic E-state index is -0.865. The van der Waals surface area contributed by atoms with Gasteiger partial charge in [-0.3, -0.25) is 19.2 Å². The van der Waals surface area contributed by atoms with Crippen LogP contribution in [0.5, 0.6) is 0 Å². The van der Waals surface area contributed by atoms with Crippen LogP contribution in [0.1, 0.15) is 68.9 Å². The van der Waals surface area contributed by atoms with Crippen LogP contribution in [0.2, 0.25) is 0 Å². The normalized spacial score (nSPS) is 18.5. The zero-order valence-corrected chi connectivity index (χ0v) is 25.4. The van der Waals surface area contributed by atoms with Gasteiger partial charge in [-0.1, -0.05) is 44.2 Å². The summed E-state index contributed by atoms with van der Waals surface area (Å²) in [6.07, 6.45) is 0.743. The fourth-order valence-corrected chi connectivity index (χ4v) is 6.28. The number of aromatic nitrogens is 2. The number of carbonyl (C=O) groups excluding carboxylic acids is 5. The van der Waals surface area contributed by atoms with Gasteiger partial charge in [0.05, 0.1) is 25.2 Å². The van der Waals surface area contributed by atoms with E-state index in [1.165, 1.54) is 27.6 Å². The number of thiazole rings is 2. The molecule has 3 aromatic rings. The van der Waals surface area contributed by atoms with Gasteiger partial charge in [-0.2, -0.15) is 0 Å². The molecule has 43 heavy (non-hydrogen) atoms. The Labute approximate surface area is 256 Å². The molecule has 6 N–H and O–H groups in total. The second-order valence-electron chi connectivity index (χ2n) is 10.3. The number of nitrogens with two attached hydrogens (primary N) is 1. The standard InChI is InChI=1S/C28H34N8O5S2/c1-16(2)23-27-34-19(14-43-27)24(39)30-9-6-10-36(22(38)12-31-28(29)41)13-21(37)32-18(11-17-7-4-3-5-8-17)26-33-20(15-42-26)25(40)35-23/h3-5,7-8,14-16,18,23H,6,9-13H2,1-2H3,(H,30,39)(H,32,37)(H,35,40)(H3,29,31,41)/t18-,23-/m0/s1. The highest BCUT2D eigenvalue weighted by Crippen LogP contribution is 2.27. The van der Waals surface area contributed by atoms with E-state index < -0.39 is 41.7 Å². The van der Waals surface area contributed by atoms with E-state index in [1.807, 2.05) is 44.2 Å². The molecule has 4 bridgehead atoms. The number of primary amides is 1. The third kappa shape index (κ3) is 8.81. The van der Waals surface area contributed by atoms with E-state index in [2.05, 4.69) is 31.2 Å². The first-order chi connectivity index (χ1) is 20.6. The van der Waals surface area contributed by atoms with Crippen molar-refractivity contribution in [1.29, 1.82) is 0 Å². The molecule has 0 spiro atoms. The highest BCUT2D eigenvalue weighted by molar-refractivity contribution is 7.10. The molecule has 6 amide bonds. The zero-order chi connectivity index (χ0) is 30.9. The molecular weight excluding hydrogens is 592 g/mol. The summed E-state index contributed by atoms with van der Waals surface area (Å²) in [5, 5.41) is 15.4. The first kappa shape index (κ1) is 31.6.